The van der Waals surface area contributed by atoms with Crippen molar-refractivity contribution in [2.24, 2.45) is 11.3 Å². The fraction of sp³-hybridized carbons (Fsp3) is 0.929. The fourth-order valence-electron chi connectivity index (χ4n) is 2.08. The van der Waals surface area contributed by atoms with Gasteiger partial charge in [0, 0.05) is 5.92 Å². The summed E-state index contributed by atoms with van der Waals surface area (Å²) in [5, 5.41) is 10.3. The van der Waals surface area contributed by atoms with Gasteiger partial charge < -0.3 is 9.84 Å². The minimum Gasteiger partial charge on any atom is -0.462 e. The normalized spacial score (nSPS) is 24.6. The first kappa shape index (κ1) is 14.5. The summed E-state index contributed by atoms with van der Waals surface area (Å²) in [5.41, 5.74) is -1.06. The van der Waals surface area contributed by atoms with Crippen LogP contribution in [0.25, 0.3) is 0 Å². The van der Waals surface area contributed by atoms with E-state index in [9.17, 15) is 9.90 Å². The van der Waals surface area contributed by atoms with E-state index >= 15 is 0 Å². The SMILES string of the molecule is CCC(C)(C)C(=O)OC1CC1C(O)(CC)CC. The molecule has 0 radical (unpaired) electrons. The maximum Gasteiger partial charge on any atom is 0.311 e. The summed E-state index contributed by atoms with van der Waals surface area (Å²) in [5.74, 6) is -0.00355. The summed E-state index contributed by atoms with van der Waals surface area (Å²) in [7, 11) is 0. The molecule has 1 saturated carbocycles. The van der Waals surface area contributed by atoms with Crippen LogP contribution in [-0.4, -0.2) is 22.8 Å². The molecule has 0 aliphatic heterocycles. The van der Waals surface area contributed by atoms with Crippen molar-refractivity contribution in [3.63, 3.8) is 0 Å². The number of hydrogen-bond donors (Lipinski definition) is 1. The van der Waals surface area contributed by atoms with Crippen molar-refractivity contribution in [2.75, 3.05) is 0 Å². The molecule has 2 unspecified atom stereocenters. The number of ether oxygens (including phenoxy) is 1. The van der Waals surface area contributed by atoms with Crippen LogP contribution >= 0.6 is 0 Å². The molecule has 0 aromatic heterocycles. The molecule has 3 nitrogen and oxygen atoms in total. The van der Waals surface area contributed by atoms with E-state index in [0.29, 0.717) is 0 Å². The van der Waals surface area contributed by atoms with Gasteiger partial charge in [-0.25, -0.2) is 0 Å². The largest absolute Gasteiger partial charge is 0.462 e. The first-order valence-electron chi connectivity index (χ1n) is 6.74. The molecule has 1 fully saturated rings. The molecule has 1 aliphatic rings. The van der Waals surface area contributed by atoms with Crippen LogP contribution in [0, 0.1) is 11.3 Å². The Labute approximate surface area is 105 Å². The highest BCUT2D eigenvalue weighted by Crippen LogP contribution is 2.46. The lowest BCUT2D eigenvalue weighted by molar-refractivity contribution is -0.157. The highest BCUT2D eigenvalue weighted by Gasteiger charge is 2.53. The number of carbonyl (C=O) groups is 1. The van der Waals surface area contributed by atoms with Crippen molar-refractivity contribution >= 4 is 5.97 Å². The minimum absolute atomic E-state index is 0.0711. The van der Waals surface area contributed by atoms with Gasteiger partial charge in [0.15, 0.2) is 0 Å². The van der Waals surface area contributed by atoms with Gasteiger partial charge in [-0.15, -0.1) is 0 Å². The van der Waals surface area contributed by atoms with E-state index in [4.69, 9.17) is 4.74 Å². The summed E-state index contributed by atoms with van der Waals surface area (Å²) < 4.78 is 5.48. The zero-order chi connectivity index (χ0) is 13.3. The lowest BCUT2D eigenvalue weighted by Gasteiger charge is -2.26. The van der Waals surface area contributed by atoms with Gasteiger partial charge in [0.2, 0.25) is 0 Å². The van der Waals surface area contributed by atoms with Crippen LogP contribution in [0.5, 0.6) is 0 Å². The van der Waals surface area contributed by atoms with Gasteiger partial charge in [-0.1, -0.05) is 20.8 Å². The second-order valence-corrected chi connectivity index (χ2v) is 5.83. The average molecular weight is 242 g/mol. The lowest BCUT2D eigenvalue weighted by Crippen LogP contribution is -2.33. The van der Waals surface area contributed by atoms with Crippen molar-refractivity contribution in [1.82, 2.24) is 0 Å². The van der Waals surface area contributed by atoms with Crippen LogP contribution in [0.1, 0.15) is 60.3 Å². The molecular weight excluding hydrogens is 216 g/mol. The number of esters is 1. The molecule has 1 N–H and O–H groups in total. The summed E-state index contributed by atoms with van der Waals surface area (Å²) in [6.45, 7) is 9.75. The maximum atomic E-state index is 11.9. The Morgan fingerprint density at radius 3 is 2.18 bits per heavy atom. The van der Waals surface area contributed by atoms with E-state index < -0.39 is 11.0 Å². The predicted octanol–water partition coefficient (Wildman–Crippen LogP) is 2.91. The Hall–Kier alpha value is -0.570. The van der Waals surface area contributed by atoms with Gasteiger partial charge in [0.05, 0.1) is 11.0 Å². The van der Waals surface area contributed by atoms with Crippen LogP contribution in [-0.2, 0) is 9.53 Å². The Balaban J connectivity index is 2.51. The van der Waals surface area contributed by atoms with Crippen LogP contribution in [0.2, 0.25) is 0 Å². The van der Waals surface area contributed by atoms with Crippen molar-refractivity contribution in [1.29, 1.82) is 0 Å². The Bertz CT molecular complexity index is 279. The van der Waals surface area contributed by atoms with E-state index in [1.165, 1.54) is 0 Å². The van der Waals surface area contributed by atoms with Gasteiger partial charge >= 0.3 is 5.97 Å². The molecule has 17 heavy (non-hydrogen) atoms. The smallest absolute Gasteiger partial charge is 0.311 e. The molecule has 0 aromatic carbocycles. The summed E-state index contributed by atoms with van der Waals surface area (Å²) in [6, 6.07) is 0. The molecule has 3 heteroatoms. The van der Waals surface area contributed by atoms with Crippen LogP contribution in [0.15, 0.2) is 0 Å². The molecule has 0 saturated heterocycles. The molecule has 0 bridgehead atoms. The molecule has 2 atom stereocenters. The first-order chi connectivity index (χ1) is 7.80. The second-order valence-electron chi connectivity index (χ2n) is 5.83. The van der Waals surface area contributed by atoms with Crippen LogP contribution < -0.4 is 0 Å². The van der Waals surface area contributed by atoms with E-state index in [2.05, 4.69) is 0 Å². The molecule has 0 amide bonds. The van der Waals surface area contributed by atoms with Crippen LogP contribution in [0.4, 0.5) is 0 Å². The second kappa shape index (κ2) is 4.97. The Morgan fingerprint density at radius 1 is 1.24 bits per heavy atom. The monoisotopic (exact) mass is 242 g/mol. The molecule has 100 valence electrons. The van der Waals surface area contributed by atoms with Crippen molar-refractivity contribution in [3.8, 4) is 0 Å². The molecule has 0 heterocycles. The highest BCUT2D eigenvalue weighted by atomic mass is 16.6. The third-order valence-electron chi connectivity index (χ3n) is 4.34. The number of rotatable bonds is 6. The molecule has 0 spiro atoms. The maximum absolute atomic E-state index is 11.9. The summed E-state index contributed by atoms with van der Waals surface area (Å²) in [6.07, 6.45) is 2.95. The fourth-order valence-corrected chi connectivity index (χ4v) is 2.08. The Kier molecular flexibility index (Phi) is 4.23. The van der Waals surface area contributed by atoms with E-state index in [1.54, 1.807) is 0 Å². The predicted molar refractivity (Wildman–Crippen MR) is 67.6 cm³/mol. The van der Waals surface area contributed by atoms with E-state index in [0.717, 1.165) is 25.7 Å². The number of hydrogen-bond acceptors (Lipinski definition) is 3. The quantitative estimate of drug-likeness (QED) is 0.728. The highest BCUT2D eigenvalue weighted by molar-refractivity contribution is 5.76. The van der Waals surface area contributed by atoms with Crippen molar-refractivity contribution < 1.29 is 14.6 Å². The molecule has 1 aliphatic carbocycles. The number of aliphatic hydroxyl groups is 1. The summed E-state index contributed by atoms with van der Waals surface area (Å²) >= 11 is 0. The zero-order valence-corrected chi connectivity index (χ0v) is 11.7. The van der Waals surface area contributed by atoms with Crippen molar-refractivity contribution in [2.45, 2.75) is 72.0 Å². The van der Waals surface area contributed by atoms with Gasteiger partial charge in [-0.2, -0.15) is 0 Å². The zero-order valence-electron chi connectivity index (χ0n) is 11.7. The van der Waals surface area contributed by atoms with Gasteiger partial charge in [-0.3, -0.25) is 4.79 Å². The minimum atomic E-state index is -0.651. The van der Waals surface area contributed by atoms with Gasteiger partial charge in [0.1, 0.15) is 6.10 Å². The van der Waals surface area contributed by atoms with E-state index in [-0.39, 0.29) is 18.0 Å². The topological polar surface area (TPSA) is 46.5 Å². The Morgan fingerprint density at radius 2 is 1.76 bits per heavy atom. The lowest BCUT2D eigenvalue weighted by atomic mass is 9.90. The van der Waals surface area contributed by atoms with Gasteiger partial charge in [0.25, 0.3) is 0 Å². The van der Waals surface area contributed by atoms with E-state index in [1.807, 2.05) is 34.6 Å². The standard InChI is InChI=1S/C14H26O3/c1-6-13(4,5)12(15)17-11-9-10(11)14(16,7-2)8-3/h10-11,16H,6-9H2,1-5H3. The van der Waals surface area contributed by atoms with Gasteiger partial charge in [-0.05, 0) is 39.5 Å². The number of carbonyl (C=O) groups excluding carboxylic acids is 1. The third kappa shape index (κ3) is 3.01. The third-order valence-corrected chi connectivity index (χ3v) is 4.34. The molecular formula is C14H26O3. The molecule has 0 aromatic rings. The summed E-state index contributed by atoms with van der Waals surface area (Å²) in [4.78, 5) is 11.9. The van der Waals surface area contributed by atoms with Crippen molar-refractivity contribution in [3.05, 3.63) is 0 Å². The first-order valence-corrected chi connectivity index (χ1v) is 6.74. The molecule has 1 rings (SSSR count). The van der Waals surface area contributed by atoms with Crippen LogP contribution in [0.3, 0.4) is 0 Å². The average Bonchev–Trinajstić information content (AvgIpc) is 3.07.